The maximum atomic E-state index is 13.7. The molecule has 1 heterocycles. The molecular weight excluding hydrogens is 869 g/mol. The Morgan fingerprint density at radius 2 is 1.01 bits per heavy atom. The number of fused-ring (bicyclic) bond motifs is 4. The molecule has 2 saturated carbocycles. The fraction of sp³-hybridized carbons (Fsp3) is 0.315. The van der Waals surface area contributed by atoms with Gasteiger partial charge in [-0.3, -0.25) is 28.8 Å². The fourth-order valence-corrected chi connectivity index (χ4v) is 8.79. The van der Waals surface area contributed by atoms with Gasteiger partial charge in [-0.1, -0.05) is 73.8 Å². The van der Waals surface area contributed by atoms with Gasteiger partial charge in [0.15, 0.2) is 17.3 Å². The molecule has 0 radical (unpaired) electrons. The van der Waals surface area contributed by atoms with Crippen molar-refractivity contribution in [2.45, 2.75) is 95.7 Å². The Labute approximate surface area is 392 Å². The largest absolute Gasteiger partial charge is 0.462 e. The summed E-state index contributed by atoms with van der Waals surface area (Å²) in [6.07, 6.45) is 6.87. The lowest BCUT2D eigenvalue weighted by atomic mass is 9.87. The zero-order chi connectivity index (χ0) is 47.7. The van der Waals surface area contributed by atoms with Crippen molar-refractivity contribution in [3.8, 4) is 28.5 Å². The van der Waals surface area contributed by atoms with Crippen molar-refractivity contribution in [2.24, 2.45) is 11.8 Å². The Bertz CT molecular complexity index is 2780. The predicted octanol–water partition coefficient (Wildman–Crippen LogP) is 8.51. The second-order valence-corrected chi connectivity index (χ2v) is 17.3. The highest BCUT2D eigenvalue weighted by Crippen LogP contribution is 2.40. The molecule has 0 bridgehead atoms. The van der Waals surface area contributed by atoms with Crippen LogP contribution in [0.3, 0.4) is 0 Å². The monoisotopic (exact) mass is 918 g/mol. The molecule has 0 aliphatic heterocycles. The number of carbonyl (C=O) groups is 7. The first kappa shape index (κ1) is 46.9. The van der Waals surface area contributed by atoms with Gasteiger partial charge in [-0.05, 0) is 111 Å². The minimum atomic E-state index is -0.558. The van der Waals surface area contributed by atoms with Crippen molar-refractivity contribution >= 4 is 52.4 Å². The van der Waals surface area contributed by atoms with Gasteiger partial charge in [0.05, 0.1) is 11.8 Å². The average molecular weight is 919 g/mol. The van der Waals surface area contributed by atoms with Gasteiger partial charge in [0.25, 0.3) is 0 Å². The summed E-state index contributed by atoms with van der Waals surface area (Å²) in [6.45, 7) is 6.88. The molecule has 3 aliphatic rings. The summed E-state index contributed by atoms with van der Waals surface area (Å²) in [5.74, 6) is -3.05. The summed E-state index contributed by atoms with van der Waals surface area (Å²) in [6, 6.07) is 24.4. The second kappa shape index (κ2) is 21.3. The van der Waals surface area contributed by atoms with E-state index in [1.165, 1.54) is 18.2 Å². The zero-order valence-electron chi connectivity index (χ0n) is 37.4. The van der Waals surface area contributed by atoms with Crippen molar-refractivity contribution in [1.82, 2.24) is 9.97 Å². The van der Waals surface area contributed by atoms with Gasteiger partial charge in [-0.15, -0.1) is 0 Å². The fourth-order valence-electron chi connectivity index (χ4n) is 8.79. The van der Waals surface area contributed by atoms with Gasteiger partial charge in [0, 0.05) is 36.5 Å². The number of benzene rings is 4. The molecule has 3 aliphatic carbocycles. The number of ether oxygens (including phenoxy) is 5. The van der Waals surface area contributed by atoms with E-state index in [0.717, 1.165) is 22.8 Å². The van der Waals surface area contributed by atoms with E-state index < -0.39 is 29.7 Å². The van der Waals surface area contributed by atoms with Crippen LogP contribution in [0.2, 0.25) is 0 Å². The number of aryl methyl sites for hydroxylation is 2. The average Bonchev–Trinajstić information content (AvgIpc) is 3.63. The molecule has 0 N–H and O–H groups in total. The van der Waals surface area contributed by atoms with Crippen molar-refractivity contribution < 1.29 is 57.2 Å². The third kappa shape index (κ3) is 11.3. The Hall–Kier alpha value is -7.61. The molecule has 5 aromatic rings. The third-order valence-corrected chi connectivity index (χ3v) is 12.6. The summed E-state index contributed by atoms with van der Waals surface area (Å²) < 4.78 is 28.6. The van der Waals surface area contributed by atoms with E-state index in [9.17, 15) is 33.6 Å². The lowest BCUT2D eigenvalue weighted by Gasteiger charge is -2.27. The lowest BCUT2D eigenvalue weighted by molar-refractivity contribution is -0.153. The molecular formula is C54H50N2O12. The number of ketones is 2. The Kier molecular flexibility index (Phi) is 14.7. The molecule has 0 atom stereocenters. The van der Waals surface area contributed by atoms with Gasteiger partial charge < -0.3 is 23.7 Å². The molecule has 8 rings (SSSR count). The summed E-state index contributed by atoms with van der Waals surface area (Å²) in [4.78, 5) is 99.0. The topological polar surface area (TPSA) is 191 Å². The van der Waals surface area contributed by atoms with Crippen LogP contribution in [0.1, 0.15) is 97.0 Å². The van der Waals surface area contributed by atoms with E-state index in [4.69, 9.17) is 33.7 Å². The molecule has 0 spiro atoms. The van der Waals surface area contributed by atoms with Crippen LogP contribution in [0.15, 0.2) is 110 Å². The van der Waals surface area contributed by atoms with Gasteiger partial charge in [0.2, 0.25) is 5.78 Å². The molecule has 1 aromatic heterocycles. The molecule has 0 saturated heterocycles. The first-order valence-corrected chi connectivity index (χ1v) is 22.9. The lowest BCUT2D eigenvalue weighted by Crippen LogP contribution is -2.30. The van der Waals surface area contributed by atoms with Crippen LogP contribution in [0, 0.1) is 11.8 Å². The van der Waals surface area contributed by atoms with Crippen LogP contribution in [-0.4, -0.2) is 63.6 Å². The smallest absolute Gasteiger partial charge is 0.335 e. The number of rotatable bonds is 17. The van der Waals surface area contributed by atoms with Crippen LogP contribution in [-0.2, 0) is 57.5 Å². The SMILES string of the molecule is C=CC(=O)Cc1ccc(CCC(=O)OC2CCC(C(=O)Oc3ccc(OC(=O)C4CCC(OC(=O)CCc5ccc(OC(=O)C=C)cc5)CC4)c4nc5c(nc34)C(=O)c3ccccc3-5)CC2)cc1. The van der Waals surface area contributed by atoms with Crippen LogP contribution in [0.4, 0.5) is 0 Å². The highest BCUT2D eigenvalue weighted by atomic mass is 16.6. The highest BCUT2D eigenvalue weighted by molar-refractivity contribution is 6.20. The van der Waals surface area contributed by atoms with E-state index in [2.05, 4.69) is 13.2 Å². The van der Waals surface area contributed by atoms with Crippen LogP contribution < -0.4 is 14.2 Å². The predicted molar refractivity (Wildman–Crippen MR) is 248 cm³/mol. The van der Waals surface area contributed by atoms with E-state index >= 15 is 0 Å². The van der Waals surface area contributed by atoms with Crippen molar-refractivity contribution in [2.75, 3.05) is 0 Å². The molecule has 14 nitrogen and oxygen atoms in total. The first-order valence-electron chi connectivity index (χ1n) is 22.9. The molecule has 0 amide bonds. The summed E-state index contributed by atoms with van der Waals surface area (Å²) in [7, 11) is 0. The van der Waals surface area contributed by atoms with E-state index in [1.54, 1.807) is 48.5 Å². The first-order chi connectivity index (χ1) is 32.9. The molecule has 14 heteroatoms. The third-order valence-electron chi connectivity index (χ3n) is 12.6. The molecule has 68 heavy (non-hydrogen) atoms. The number of esters is 5. The number of hydrogen-bond acceptors (Lipinski definition) is 14. The zero-order valence-corrected chi connectivity index (χ0v) is 37.4. The van der Waals surface area contributed by atoms with E-state index in [1.807, 2.05) is 24.3 Å². The van der Waals surface area contributed by atoms with E-state index in [-0.39, 0.29) is 83.2 Å². The highest BCUT2D eigenvalue weighted by Gasteiger charge is 2.35. The maximum absolute atomic E-state index is 13.7. The second-order valence-electron chi connectivity index (χ2n) is 17.3. The number of aromatic nitrogens is 2. The standard InChI is InChI=1S/C54H50N2O12/c1-3-37(57)31-34-11-9-32(10-12-34)15-29-46(59)65-39-25-19-36(20-26-39)54(63)68-44-28-27-43(49-50(44)56-51-48(55-49)41-7-5-6-8-42(41)52(51)61)67-53(62)35-17-23-40(24-18-35)66-47(60)30-16-33-13-21-38(22-14-33)64-45(58)4-2/h3-14,21-22,27-28,35-36,39-40H,1-2,15-20,23-26,29-31H2. The molecule has 4 aromatic carbocycles. The number of nitrogens with zero attached hydrogens (tertiary/aromatic N) is 2. The minimum Gasteiger partial charge on any atom is -0.462 e. The van der Waals surface area contributed by atoms with Gasteiger partial charge in [-0.25, -0.2) is 14.8 Å². The quantitative estimate of drug-likeness (QED) is 0.0480. The summed E-state index contributed by atoms with van der Waals surface area (Å²) in [5.41, 5.74) is 4.39. The van der Waals surface area contributed by atoms with Crippen LogP contribution in [0.25, 0.3) is 22.3 Å². The minimum absolute atomic E-state index is 0.0604. The molecule has 2 fully saturated rings. The molecule has 0 unspecified atom stereocenters. The Morgan fingerprint density at radius 1 is 0.544 bits per heavy atom. The maximum Gasteiger partial charge on any atom is 0.335 e. The van der Waals surface area contributed by atoms with E-state index in [0.29, 0.717) is 86.8 Å². The summed E-state index contributed by atoms with van der Waals surface area (Å²) >= 11 is 0. The van der Waals surface area contributed by atoms with Crippen LogP contribution >= 0.6 is 0 Å². The molecule has 348 valence electrons. The van der Waals surface area contributed by atoms with Crippen molar-refractivity contribution in [3.63, 3.8) is 0 Å². The van der Waals surface area contributed by atoms with Crippen molar-refractivity contribution in [3.05, 3.63) is 138 Å². The summed E-state index contributed by atoms with van der Waals surface area (Å²) in [5, 5.41) is 0. The number of carbonyl (C=O) groups excluding carboxylic acids is 7. The normalized spacial score (nSPS) is 18.3. The number of hydrogen-bond donors (Lipinski definition) is 0. The van der Waals surface area contributed by atoms with Gasteiger partial charge in [-0.2, -0.15) is 0 Å². The Morgan fingerprint density at radius 3 is 1.51 bits per heavy atom. The van der Waals surface area contributed by atoms with Crippen LogP contribution in [0.5, 0.6) is 17.2 Å². The number of allylic oxidation sites excluding steroid dienone is 1. The van der Waals surface area contributed by atoms with Gasteiger partial charge in [0.1, 0.15) is 40.4 Å². The Balaban J connectivity index is 0.862. The van der Waals surface area contributed by atoms with Gasteiger partial charge >= 0.3 is 29.8 Å². The van der Waals surface area contributed by atoms with Crippen molar-refractivity contribution in [1.29, 1.82) is 0 Å².